The maximum Gasteiger partial charge on any atom is 0.253 e. The van der Waals surface area contributed by atoms with Gasteiger partial charge in [0.25, 0.3) is 5.91 Å². The number of nitrogens with zero attached hydrogens (tertiary/aromatic N) is 3. The number of carbonyl (C=O) groups excluding carboxylic acids is 3. The first-order chi connectivity index (χ1) is 15.5. The van der Waals surface area contributed by atoms with Crippen LogP contribution in [0.25, 0.3) is 0 Å². The van der Waals surface area contributed by atoms with E-state index in [-0.39, 0.29) is 24.8 Å². The van der Waals surface area contributed by atoms with E-state index in [1.165, 1.54) is 0 Å². The van der Waals surface area contributed by atoms with Crippen molar-refractivity contribution >= 4 is 35.0 Å². The first-order valence-corrected chi connectivity index (χ1v) is 10.1. The topological polar surface area (TPSA) is 130 Å². The minimum absolute atomic E-state index is 0.132. The lowest BCUT2D eigenvalue weighted by atomic mass is 10.1. The van der Waals surface area contributed by atoms with Gasteiger partial charge in [0.1, 0.15) is 0 Å². The summed E-state index contributed by atoms with van der Waals surface area (Å²) < 4.78 is 0. The predicted molar refractivity (Wildman–Crippen MR) is 122 cm³/mol. The monoisotopic (exact) mass is 432 g/mol. The fourth-order valence-corrected chi connectivity index (χ4v) is 2.99. The van der Waals surface area contributed by atoms with Crippen LogP contribution < -0.4 is 16.4 Å². The number of amides is 3. The van der Waals surface area contributed by atoms with Gasteiger partial charge >= 0.3 is 0 Å². The molecule has 0 aliphatic heterocycles. The lowest BCUT2D eigenvalue weighted by molar-refractivity contribution is -0.116. The number of aromatic nitrogens is 2. The zero-order chi connectivity index (χ0) is 22.9. The van der Waals surface area contributed by atoms with Crippen LogP contribution in [0.15, 0.2) is 67.0 Å². The van der Waals surface area contributed by atoms with Crippen molar-refractivity contribution in [1.29, 1.82) is 0 Å². The molecule has 164 valence electrons. The summed E-state index contributed by atoms with van der Waals surface area (Å²) >= 11 is 0. The Labute approximate surface area is 185 Å². The van der Waals surface area contributed by atoms with Gasteiger partial charge in [0, 0.05) is 54.4 Å². The third-order valence-electron chi connectivity index (χ3n) is 4.66. The molecule has 0 aliphatic rings. The fourth-order valence-electron chi connectivity index (χ4n) is 2.99. The first kappa shape index (κ1) is 22.4. The molecule has 0 spiro atoms. The molecule has 3 rings (SSSR count). The van der Waals surface area contributed by atoms with Crippen molar-refractivity contribution in [2.45, 2.75) is 13.3 Å². The zero-order valence-corrected chi connectivity index (χ0v) is 17.6. The molecule has 2 aromatic carbocycles. The van der Waals surface area contributed by atoms with Crippen LogP contribution in [0.3, 0.4) is 0 Å². The predicted octanol–water partition coefficient (Wildman–Crippen LogP) is 2.81. The van der Waals surface area contributed by atoms with Gasteiger partial charge in [-0.15, -0.1) is 0 Å². The summed E-state index contributed by atoms with van der Waals surface area (Å²) in [5, 5.41) is 5.81. The van der Waals surface area contributed by atoms with Crippen LogP contribution in [0.5, 0.6) is 0 Å². The molecule has 1 aromatic heterocycles. The van der Waals surface area contributed by atoms with Gasteiger partial charge in [0.2, 0.25) is 17.8 Å². The maximum absolute atomic E-state index is 12.9. The Hall–Kier alpha value is -4.27. The first-order valence-electron chi connectivity index (χ1n) is 10.1. The van der Waals surface area contributed by atoms with Gasteiger partial charge in [-0.05, 0) is 55.5 Å². The van der Waals surface area contributed by atoms with Crippen LogP contribution in [0.2, 0.25) is 0 Å². The van der Waals surface area contributed by atoms with Crippen LogP contribution in [-0.2, 0) is 4.79 Å². The molecule has 0 fully saturated rings. The molecule has 0 bridgehead atoms. The molecule has 0 radical (unpaired) electrons. The third-order valence-corrected chi connectivity index (χ3v) is 4.66. The lowest BCUT2D eigenvalue weighted by Crippen LogP contribution is -2.33. The Morgan fingerprint density at radius 2 is 1.66 bits per heavy atom. The summed E-state index contributed by atoms with van der Waals surface area (Å²) in [5.74, 6) is -0.510. The van der Waals surface area contributed by atoms with E-state index < -0.39 is 5.91 Å². The SMILES string of the molecule is CCN(CCC(=O)Nc1ccc(C(N)=O)cc1)C(=O)c1cccc(Nc2ncccn2)c1. The summed E-state index contributed by atoms with van der Waals surface area (Å²) in [6.45, 7) is 2.58. The Balaban J connectivity index is 1.58. The van der Waals surface area contributed by atoms with Crippen LogP contribution in [-0.4, -0.2) is 45.7 Å². The van der Waals surface area contributed by atoms with Crippen molar-refractivity contribution in [3.05, 3.63) is 78.1 Å². The van der Waals surface area contributed by atoms with Crippen LogP contribution in [0.4, 0.5) is 17.3 Å². The summed E-state index contributed by atoms with van der Waals surface area (Å²) in [6, 6.07) is 15.1. The second kappa shape index (κ2) is 10.7. The van der Waals surface area contributed by atoms with Crippen molar-refractivity contribution in [2.24, 2.45) is 5.73 Å². The standard InChI is InChI=1S/C23H24N6O3/c1-2-29(14-11-20(30)27-18-9-7-16(8-10-18)21(24)31)22(32)17-5-3-6-19(15-17)28-23-25-12-4-13-26-23/h3-10,12-13,15H,2,11,14H2,1H3,(H2,24,31)(H,27,30)(H,25,26,28). The Morgan fingerprint density at radius 1 is 0.938 bits per heavy atom. The van der Waals surface area contributed by atoms with E-state index in [2.05, 4.69) is 20.6 Å². The number of hydrogen-bond donors (Lipinski definition) is 3. The van der Waals surface area contributed by atoms with Gasteiger partial charge in [-0.25, -0.2) is 9.97 Å². The van der Waals surface area contributed by atoms with Gasteiger partial charge in [0.05, 0.1) is 0 Å². The van der Waals surface area contributed by atoms with Gasteiger partial charge in [0.15, 0.2) is 0 Å². The molecule has 1 heterocycles. The molecule has 3 aromatic rings. The molecule has 32 heavy (non-hydrogen) atoms. The number of hydrogen-bond acceptors (Lipinski definition) is 6. The average Bonchev–Trinajstić information content (AvgIpc) is 2.80. The zero-order valence-electron chi connectivity index (χ0n) is 17.6. The van der Waals surface area contributed by atoms with Crippen molar-refractivity contribution in [2.75, 3.05) is 23.7 Å². The molecule has 3 amide bonds. The van der Waals surface area contributed by atoms with Crippen molar-refractivity contribution in [1.82, 2.24) is 14.9 Å². The fraction of sp³-hybridized carbons (Fsp3) is 0.174. The Morgan fingerprint density at radius 3 is 2.31 bits per heavy atom. The molecule has 0 aliphatic carbocycles. The van der Waals surface area contributed by atoms with E-state index >= 15 is 0 Å². The molecule has 9 heteroatoms. The molecule has 0 atom stereocenters. The molecule has 9 nitrogen and oxygen atoms in total. The Bertz CT molecular complexity index is 1090. The molecule has 0 unspecified atom stereocenters. The molecule has 4 N–H and O–H groups in total. The largest absolute Gasteiger partial charge is 0.366 e. The van der Waals surface area contributed by atoms with E-state index in [4.69, 9.17) is 5.73 Å². The van der Waals surface area contributed by atoms with Crippen LogP contribution >= 0.6 is 0 Å². The number of anilines is 3. The van der Waals surface area contributed by atoms with Gasteiger partial charge in [-0.1, -0.05) is 6.07 Å². The Kier molecular flexibility index (Phi) is 7.47. The van der Waals surface area contributed by atoms with E-state index in [0.717, 1.165) is 0 Å². The van der Waals surface area contributed by atoms with E-state index in [0.29, 0.717) is 35.0 Å². The molecule has 0 saturated carbocycles. The number of carbonyl (C=O) groups is 3. The summed E-state index contributed by atoms with van der Waals surface area (Å²) in [4.78, 5) is 46.2. The van der Waals surface area contributed by atoms with E-state index in [9.17, 15) is 14.4 Å². The number of rotatable bonds is 9. The number of nitrogens with two attached hydrogens (primary N) is 1. The summed E-state index contributed by atoms with van der Waals surface area (Å²) in [7, 11) is 0. The third kappa shape index (κ3) is 6.11. The average molecular weight is 432 g/mol. The van der Waals surface area contributed by atoms with Crippen molar-refractivity contribution in [3.8, 4) is 0 Å². The quantitative estimate of drug-likeness (QED) is 0.477. The smallest absolute Gasteiger partial charge is 0.253 e. The van der Waals surface area contributed by atoms with Crippen molar-refractivity contribution in [3.63, 3.8) is 0 Å². The summed E-state index contributed by atoms with van der Waals surface area (Å²) in [5.41, 5.74) is 7.31. The number of benzene rings is 2. The van der Waals surface area contributed by atoms with E-state index in [1.54, 1.807) is 65.8 Å². The maximum atomic E-state index is 12.9. The normalized spacial score (nSPS) is 10.3. The van der Waals surface area contributed by atoms with E-state index in [1.807, 2.05) is 13.0 Å². The van der Waals surface area contributed by atoms with Crippen LogP contribution in [0.1, 0.15) is 34.1 Å². The second-order valence-electron chi connectivity index (χ2n) is 6.90. The molecular weight excluding hydrogens is 408 g/mol. The highest BCUT2D eigenvalue weighted by Crippen LogP contribution is 2.16. The highest BCUT2D eigenvalue weighted by atomic mass is 16.2. The lowest BCUT2D eigenvalue weighted by Gasteiger charge is -2.21. The highest BCUT2D eigenvalue weighted by Gasteiger charge is 2.16. The minimum atomic E-state index is -0.532. The number of nitrogens with one attached hydrogen (secondary N) is 2. The van der Waals surface area contributed by atoms with Crippen molar-refractivity contribution < 1.29 is 14.4 Å². The van der Waals surface area contributed by atoms with Crippen LogP contribution in [0, 0.1) is 0 Å². The van der Waals surface area contributed by atoms with Gasteiger partial charge in [-0.2, -0.15) is 0 Å². The molecule has 0 saturated heterocycles. The highest BCUT2D eigenvalue weighted by molar-refractivity contribution is 5.97. The molecular formula is C23H24N6O3. The van der Waals surface area contributed by atoms with Gasteiger partial charge in [-0.3, -0.25) is 14.4 Å². The summed E-state index contributed by atoms with van der Waals surface area (Å²) in [6.07, 6.45) is 3.38. The minimum Gasteiger partial charge on any atom is -0.366 e. The second-order valence-corrected chi connectivity index (χ2v) is 6.90. The van der Waals surface area contributed by atoms with Gasteiger partial charge < -0.3 is 21.3 Å². The number of primary amides is 1.